The van der Waals surface area contributed by atoms with Crippen LogP contribution < -0.4 is 0 Å². The third-order valence-corrected chi connectivity index (χ3v) is 3.92. The van der Waals surface area contributed by atoms with Gasteiger partial charge in [-0.3, -0.25) is 0 Å². The maximum Gasteiger partial charge on any atom is 0.0595 e. The van der Waals surface area contributed by atoms with Crippen LogP contribution in [-0.4, -0.2) is 10.5 Å². The molecule has 0 bridgehead atoms. The van der Waals surface area contributed by atoms with E-state index in [0.29, 0.717) is 10.0 Å². The molecule has 0 aliphatic heterocycles. The Morgan fingerprint density at radius 3 is 2.44 bits per heavy atom. The third-order valence-electron chi connectivity index (χ3n) is 2.23. The van der Waals surface area contributed by atoms with Gasteiger partial charge >= 0.3 is 0 Å². The molecule has 0 aliphatic rings. The van der Waals surface area contributed by atoms with E-state index in [-0.39, 0.29) is 4.75 Å². The summed E-state index contributed by atoms with van der Waals surface area (Å²) in [5.74, 6) is 0. The zero-order valence-electron chi connectivity index (χ0n) is 11.3. The number of halogens is 2. The molecule has 100 valence electrons. The van der Waals surface area contributed by atoms with Crippen molar-refractivity contribution in [3.8, 4) is 0 Å². The largest absolute Gasteiger partial charge is 0.225 e. The van der Waals surface area contributed by atoms with Crippen LogP contribution in [0.2, 0.25) is 10.0 Å². The minimum absolute atomic E-state index is 0.171. The van der Waals surface area contributed by atoms with Gasteiger partial charge in [-0.05, 0) is 70.2 Å². The molecule has 0 atom stereocenters. The fraction of sp³-hybridized carbons (Fsp3) is 0.500. The first-order chi connectivity index (χ1) is 8.28. The number of hydrogen-bond acceptors (Lipinski definition) is 2. The molecule has 1 rings (SSSR count). The Balaban J connectivity index is 2.52. The Morgan fingerprint density at radius 1 is 1.22 bits per heavy atom. The van der Waals surface area contributed by atoms with Gasteiger partial charge in [-0.15, -0.1) is 0 Å². The summed E-state index contributed by atoms with van der Waals surface area (Å²) in [6.07, 6.45) is 1.89. The molecule has 0 unspecified atom stereocenters. The van der Waals surface area contributed by atoms with E-state index in [1.807, 2.05) is 18.2 Å². The van der Waals surface area contributed by atoms with Crippen molar-refractivity contribution in [1.29, 1.82) is 0 Å². The highest BCUT2D eigenvalue weighted by molar-refractivity contribution is 7.99. The molecule has 0 fully saturated rings. The van der Waals surface area contributed by atoms with E-state index in [4.69, 9.17) is 23.2 Å². The van der Waals surface area contributed by atoms with Crippen LogP contribution in [0.4, 0.5) is 0 Å². The van der Waals surface area contributed by atoms with Crippen LogP contribution in [0.5, 0.6) is 0 Å². The predicted octanol–water partition coefficient (Wildman–Crippen LogP) is 5.83. The smallest absolute Gasteiger partial charge is 0.0595 e. The van der Waals surface area contributed by atoms with Crippen LogP contribution in [-0.2, 0) is 6.42 Å². The third kappa shape index (κ3) is 6.12. The van der Waals surface area contributed by atoms with Crippen LogP contribution in [0.25, 0.3) is 0 Å². The van der Waals surface area contributed by atoms with Crippen LogP contribution in [0.3, 0.4) is 0 Å². The lowest BCUT2D eigenvalue weighted by Crippen LogP contribution is -2.06. The molecule has 0 saturated carbocycles. The van der Waals surface area contributed by atoms with Crippen LogP contribution in [0.15, 0.2) is 22.6 Å². The highest BCUT2D eigenvalue weighted by atomic mass is 35.5. The van der Waals surface area contributed by atoms with Crippen molar-refractivity contribution in [3.63, 3.8) is 0 Å². The van der Waals surface area contributed by atoms with Gasteiger partial charge in [0.2, 0.25) is 0 Å². The summed E-state index contributed by atoms with van der Waals surface area (Å²) in [5, 5.41) is 1.22. The first-order valence-corrected chi connectivity index (χ1v) is 7.46. The molecule has 0 heterocycles. The first-order valence-electron chi connectivity index (χ1n) is 5.93. The summed E-state index contributed by atoms with van der Waals surface area (Å²) >= 11 is 13.5. The molecule has 0 saturated heterocycles. The molecule has 0 amide bonds. The van der Waals surface area contributed by atoms with Crippen molar-refractivity contribution in [2.24, 2.45) is 4.40 Å². The molecule has 1 aromatic rings. The summed E-state index contributed by atoms with van der Waals surface area (Å²) in [4.78, 5) is 0. The zero-order valence-corrected chi connectivity index (χ0v) is 13.6. The van der Waals surface area contributed by atoms with E-state index < -0.39 is 0 Å². The van der Waals surface area contributed by atoms with Crippen molar-refractivity contribution < 1.29 is 0 Å². The molecular weight excluding hydrogens is 285 g/mol. The number of hydrogen-bond donors (Lipinski definition) is 0. The monoisotopic (exact) mass is 303 g/mol. The Kier molecular flexibility index (Phi) is 6.03. The lowest BCUT2D eigenvalue weighted by Gasteiger charge is -2.13. The van der Waals surface area contributed by atoms with E-state index in [1.54, 1.807) is 11.9 Å². The van der Waals surface area contributed by atoms with Gasteiger partial charge in [0.05, 0.1) is 10.0 Å². The van der Waals surface area contributed by atoms with Crippen molar-refractivity contribution in [2.75, 3.05) is 0 Å². The molecule has 1 nitrogen and oxygen atoms in total. The van der Waals surface area contributed by atoms with Gasteiger partial charge in [0.15, 0.2) is 0 Å². The lowest BCUT2D eigenvalue weighted by atomic mass is 10.1. The van der Waals surface area contributed by atoms with Crippen LogP contribution >= 0.6 is 35.1 Å². The number of benzene rings is 1. The quantitative estimate of drug-likeness (QED) is 0.503. The normalized spacial score (nSPS) is 12.9. The summed E-state index contributed by atoms with van der Waals surface area (Å²) in [7, 11) is 0. The SMILES string of the molecule is C/C(CCc1ccc(Cl)c(Cl)c1)=N\SC(C)(C)C. The van der Waals surface area contributed by atoms with Gasteiger partial charge in [0.25, 0.3) is 0 Å². The van der Waals surface area contributed by atoms with Crippen molar-refractivity contribution in [2.45, 2.75) is 45.3 Å². The highest BCUT2D eigenvalue weighted by Gasteiger charge is 2.10. The summed E-state index contributed by atoms with van der Waals surface area (Å²) in [6.45, 7) is 8.55. The fourth-order valence-electron chi connectivity index (χ4n) is 1.28. The second kappa shape index (κ2) is 6.83. The molecule has 1 aromatic carbocycles. The topological polar surface area (TPSA) is 12.4 Å². The molecular formula is C14H19Cl2NS. The Hall–Kier alpha value is -0.180. The van der Waals surface area contributed by atoms with Gasteiger partial charge in [-0.25, -0.2) is 4.40 Å². The van der Waals surface area contributed by atoms with Crippen molar-refractivity contribution in [1.82, 2.24) is 0 Å². The summed E-state index contributed by atoms with van der Waals surface area (Å²) in [5.41, 5.74) is 2.35. The van der Waals surface area contributed by atoms with E-state index in [1.165, 1.54) is 5.56 Å². The summed E-state index contributed by atoms with van der Waals surface area (Å²) < 4.78 is 4.70. The second-order valence-electron chi connectivity index (χ2n) is 5.28. The standard InChI is InChI=1S/C14H19Cl2NS/c1-10(17-18-14(2,3)4)5-6-11-7-8-12(15)13(16)9-11/h7-9H,5-6H2,1-4H3/b17-10+. The first kappa shape index (κ1) is 15.9. The van der Waals surface area contributed by atoms with Crippen LogP contribution in [0.1, 0.15) is 39.7 Å². The van der Waals surface area contributed by atoms with Gasteiger partial charge in [0.1, 0.15) is 0 Å². The van der Waals surface area contributed by atoms with Crippen molar-refractivity contribution >= 4 is 40.9 Å². The maximum absolute atomic E-state index is 5.98. The predicted molar refractivity (Wildman–Crippen MR) is 85.2 cm³/mol. The van der Waals surface area contributed by atoms with E-state index >= 15 is 0 Å². The lowest BCUT2D eigenvalue weighted by molar-refractivity contribution is 0.804. The molecule has 0 aliphatic carbocycles. The highest BCUT2D eigenvalue weighted by Crippen LogP contribution is 2.25. The Morgan fingerprint density at radius 2 is 1.89 bits per heavy atom. The van der Waals surface area contributed by atoms with E-state index in [9.17, 15) is 0 Å². The second-order valence-corrected chi connectivity index (χ2v) is 7.68. The Labute approximate surface area is 124 Å². The van der Waals surface area contributed by atoms with Crippen LogP contribution in [0, 0.1) is 0 Å². The number of rotatable bonds is 4. The van der Waals surface area contributed by atoms with Gasteiger partial charge in [-0.2, -0.15) is 0 Å². The average molecular weight is 304 g/mol. The minimum atomic E-state index is 0.171. The van der Waals surface area contributed by atoms with E-state index in [2.05, 4.69) is 32.1 Å². The van der Waals surface area contributed by atoms with Gasteiger partial charge < -0.3 is 0 Å². The molecule has 18 heavy (non-hydrogen) atoms. The summed E-state index contributed by atoms with van der Waals surface area (Å²) in [6, 6.07) is 5.78. The average Bonchev–Trinajstić information content (AvgIpc) is 2.27. The Bertz CT molecular complexity index is 436. The molecule has 4 heteroatoms. The fourth-order valence-corrected chi connectivity index (χ4v) is 2.12. The number of nitrogens with zero attached hydrogens (tertiary/aromatic N) is 1. The van der Waals surface area contributed by atoms with Gasteiger partial charge in [0, 0.05) is 10.5 Å². The molecule has 0 radical (unpaired) electrons. The minimum Gasteiger partial charge on any atom is -0.225 e. The molecule has 0 N–H and O–H groups in total. The molecule has 0 spiro atoms. The maximum atomic E-state index is 5.98. The van der Waals surface area contributed by atoms with Crippen molar-refractivity contribution in [3.05, 3.63) is 33.8 Å². The zero-order chi connectivity index (χ0) is 13.8. The van der Waals surface area contributed by atoms with E-state index in [0.717, 1.165) is 18.6 Å². The number of aryl methyl sites for hydroxylation is 1. The van der Waals surface area contributed by atoms with Gasteiger partial charge in [-0.1, -0.05) is 29.3 Å². The molecule has 0 aromatic heterocycles.